The summed E-state index contributed by atoms with van der Waals surface area (Å²) in [5, 5.41) is 3.19. The molecule has 3 N–H and O–H groups in total. The van der Waals surface area contributed by atoms with Gasteiger partial charge in [0.1, 0.15) is 5.75 Å². The summed E-state index contributed by atoms with van der Waals surface area (Å²) in [4.78, 5) is 11.7. The number of hydrogen-bond acceptors (Lipinski definition) is 4. The highest BCUT2D eigenvalue weighted by molar-refractivity contribution is 7.96. The van der Waals surface area contributed by atoms with Crippen LogP contribution in [-0.4, -0.2) is 21.9 Å². The molecule has 1 aromatic carbocycles. The van der Waals surface area contributed by atoms with Crippen LogP contribution in [0.3, 0.4) is 0 Å². The second-order valence-electron chi connectivity index (χ2n) is 10.6. The van der Waals surface area contributed by atoms with Crippen LogP contribution in [0.25, 0.3) is 0 Å². The van der Waals surface area contributed by atoms with Crippen LogP contribution >= 0.6 is 24.8 Å². The summed E-state index contributed by atoms with van der Waals surface area (Å²) < 4.78 is 6.18. The Balaban J connectivity index is 2.27. The lowest BCUT2D eigenvalue weighted by molar-refractivity contribution is 0.0264. The Morgan fingerprint density at radius 1 is 1.16 bits per heavy atom. The quantitative estimate of drug-likeness (QED) is 0.181. The molecule has 0 aliphatic heterocycles. The number of amides is 1. The normalized spacial score (nSPS) is 24.4. The first-order valence-electron chi connectivity index (χ1n) is 12.1. The minimum Gasteiger partial charge on any atom is -0.448 e. The van der Waals surface area contributed by atoms with Crippen LogP contribution in [0.15, 0.2) is 30.3 Å². The summed E-state index contributed by atoms with van der Waals surface area (Å²) >= 11 is 9.86. The number of thiocarbonyl (C=S) groups is 1. The molecular weight excluding hydrogens is 436 g/mol. The molecule has 0 radical (unpaired) electrons. The van der Waals surface area contributed by atoms with E-state index in [-0.39, 0.29) is 22.1 Å². The van der Waals surface area contributed by atoms with Crippen molar-refractivity contribution >= 4 is 35.1 Å². The van der Waals surface area contributed by atoms with Gasteiger partial charge in [-0.1, -0.05) is 97.0 Å². The van der Waals surface area contributed by atoms with E-state index in [4.69, 9.17) is 22.7 Å². The van der Waals surface area contributed by atoms with Crippen molar-refractivity contribution in [3.63, 3.8) is 0 Å². The standard InChI is InChI=1S/C26H42N2O2S2/c1-5-6-7-8-9-13-16-26(27,22(31)30-21-14-11-10-12-15-21)25(4)18-20(28-23(29)32)17-24(2,3)19-25/h10-12,14-15,20H,5-9,13,16-19,27H2,1-4H3,(H2,28,29,32). The fraction of sp³-hybridized carbons (Fsp3) is 0.692. The molecule has 180 valence electrons. The fourth-order valence-corrected chi connectivity index (χ4v) is 6.25. The molecule has 1 aliphatic carbocycles. The minimum absolute atomic E-state index is 0.0146. The van der Waals surface area contributed by atoms with Crippen molar-refractivity contribution in [2.24, 2.45) is 16.6 Å². The lowest BCUT2D eigenvalue weighted by Gasteiger charge is -2.54. The molecule has 0 saturated heterocycles. The lowest BCUT2D eigenvalue weighted by Crippen LogP contribution is -2.65. The van der Waals surface area contributed by atoms with Gasteiger partial charge in [0.25, 0.3) is 5.24 Å². The topological polar surface area (TPSA) is 64.3 Å². The Morgan fingerprint density at radius 3 is 2.41 bits per heavy atom. The first kappa shape index (κ1) is 27.1. The maximum Gasteiger partial charge on any atom is 0.276 e. The molecule has 3 unspecified atom stereocenters. The van der Waals surface area contributed by atoms with Gasteiger partial charge in [-0.25, -0.2) is 0 Å². The molecule has 6 heteroatoms. The molecule has 1 amide bonds. The molecule has 1 saturated carbocycles. The van der Waals surface area contributed by atoms with Crippen LogP contribution in [0, 0.1) is 10.8 Å². The predicted molar refractivity (Wildman–Crippen MR) is 142 cm³/mol. The average molecular weight is 479 g/mol. The van der Waals surface area contributed by atoms with Gasteiger partial charge in [-0.05, 0) is 60.9 Å². The zero-order chi connectivity index (χ0) is 23.8. The number of rotatable bonds is 11. The highest BCUT2D eigenvalue weighted by Gasteiger charge is 2.54. The Morgan fingerprint density at radius 2 is 1.78 bits per heavy atom. The zero-order valence-electron chi connectivity index (χ0n) is 20.3. The molecule has 0 heterocycles. The van der Waals surface area contributed by atoms with Gasteiger partial charge < -0.3 is 15.8 Å². The van der Waals surface area contributed by atoms with E-state index in [9.17, 15) is 4.79 Å². The molecular formula is C26H42N2O2S2. The predicted octanol–water partition coefficient (Wildman–Crippen LogP) is 7.07. The summed E-state index contributed by atoms with van der Waals surface area (Å²) in [5.41, 5.74) is 6.18. The van der Waals surface area contributed by atoms with Crippen molar-refractivity contribution in [3.05, 3.63) is 30.3 Å². The molecule has 1 fully saturated rings. The number of benzene rings is 1. The van der Waals surface area contributed by atoms with Crippen LogP contribution in [0.5, 0.6) is 5.75 Å². The van der Waals surface area contributed by atoms with Crippen molar-refractivity contribution in [2.45, 2.75) is 103 Å². The smallest absolute Gasteiger partial charge is 0.276 e. The number of ether oxygens (including phenoxy) is 1. The Bertz CT molecular complexity index is 755. The number of hydrogen-bond donors (Lipinski definition) is 3. The number of nitrogens with one attached hydrogen (secondary N) is 1. The molecule has 32 heavy (non-hydrogen) atoms. The largest absolute Gasteiger partial charge is 0.448 e. The summed E-state index contributed by atoms with van der Waals surface area (Å²) in [6.45, 7) is 8.95. The van der Waals surface area contributed by atoms with Crippen molar-refractivity contribution in [2.75, 3.05) is 0 Å². The van der Waals surface area contributed by atoms with Crippen molar-refractivity contribution in [1.29, 1.82) is 0 Å². The van der Waals surface area contributed by atoms with Gasteiger partial charge in [0.2, 0.25) is 0 Å². The maximum absolute atomic E-state index is 11.7. The lowest BCUT2D eigenvalue weighted by atomic mass is 9.54. The van der Waals surface area contributed by atoms with E-state index in [0.29, 0.717) is 10.8 Å². The number of para-hydroxylation sites is 1. The van der Waals surface area contributed by atoms with Gasteiger partial charge in [-0.15, -0.1) is 0 Å². The number of unbranched alkanes of at least 4 members (excludes halogenated alkanes) is 5. The fourth-order valence-electron chi connectivity index (χ4n) is 5.62. The monoisotopic (exact) mass is 478 g/mol. The van der Waals surface area contributed by atoms with Gasteiger partial charge in [0, 0.05) is 6.04 Å². The third-order valence-electron chi connectivity index (χ3n) is 7.01. The first-order chi connectivity index (χ1) is 15.0. The van der Waals surface area contributed by atoms with Gasteiger partial charge in [0.05, 0.1) is 5.54 Å². The van der Waals surface area contributed by atoms with Crippen molar-refractivity contribution in [1.82, 2.24) is 5.32 Å². The maximum atomic E-state index is 11.7. The van der Waals surface area contributed by atoms with E-state index in [1.165, 1.54) is 25.7 Å². The van der Waals surface area contributed by atoms with Crippen molar-refractivity contribution < 1.29 is 9.53 Å². The SMILES string of the molecule is CCCCCCCCC(N)(C(=S)Oc1ccccc1)C1(C)CC(NC(=O)S)CC(C)(C)C1. The summed E-state index contributed by atoms with van der Waals surface area (Å²) in [7, 11) is 0. The van der Waals surface area contributed by atoms with E-state index >= 15 is 0 Å². The molecule has 3 atom stereocenters. The average Bonchev–Trinajstić information content (AvgIpc) is 2.69. The van der Waals surface area contributed by atoms with E-state index in [0.717, 1.165) is 38.5 Å². The number of thiol groups is 1. The van der Waals surface area contributed by atoms with Crippen molar-refractivity contribution in [3.8, 4) is 5.75 Å². The minimum atomic E-state index is -0.778. The molecule has 0 aromatic heterocycles. The second kappa shape index (κ2) is 11.8. The van der Waals surface area contributed by atoms with E-state index < -0.39 is 5.54 Å². The first-order valence-corrected chi connectivity index (χ1v) is 12.9. The molecule has 0 spiro atoms. The Labute approximate surface area is 205 Å². The number of carbonyl (C=O) groups is 1. The summed E-state index contributed by atoms with van der Waals surface area (Å²) in [6, 6.07) is 9.67. The zero-order valence-corrected chi connectivity index (χ0v) is 22.0. The Hall–Kier alpha value is -1.11. The van der Waals surface area contributed by atoms with Gasteiger partial charge in [-0.3, -0.25) is 4.79 Å². The number of carbonyl (C=O) groups excluding carboxylic acids is 1. The van der Waals surface area contributed by atoms with Crippen LogP contribution in [0.2, 0.25) is 0 Å². The van der Waals surface area contributed by atoms with Gasteiger partial charge >= 0.3 is 0 Å². The Kier molecular flexibility index (Phi) is 10.0. The molecule has 1 aromatic rings. The van der Waals surface area contributed by atoms with Gasteiger partial charge in [0.15, 0.2) is 5.05 Å². The van der Waals surface area contributed by atoms with E-state index in [1.807, 2.05) is 30.3 Å². The highest BCUT2D eigenvalue weighted by Crippen LogP contribution is 2.53. The second-order valence-corrected chi connectivity index (χ2v) is 11.4. The van der Waals surface area contributed by atoms with Crippen LogP contribution in [-0.2, 0) is 0 Å². The molecule has 0 bridgehead atoms. The van der Waals surface area contributed by atoms with E-state index in [2.05, 4.69) is 45.6 Å². The number of nitrogens with two attached hydrogens (primary N) is 1. The third kappa shape index (κ3) is 7.46. The third-order valence-corrected chi connectivity index (χ3v) is 7.59. The molecule has 1 aliphatic rings. The summed E-state index contributed by atoms with van der Waals surface area (Å²) in [6.07, 6.45) is 10.5. The highest BCUT2D eigenvalue weighted by atomic mass is 32.1. The van der Waals surface area contributed by atoms with E-state index in [1.54, 1.807) is 0 Å². The molecule has 4 nitrogen and oxygen atoms in total. The van der Waals surface area contributed by atoms with Crippen LogP contribution in [0.4, 0.5) is 4.79 Å². The van der Waals surface area contributed by atoms with Crippen LogP contribution in [0.1, 0.15) is 91.9 Å². The van der Waals surface area contributed by atoms with Crippen LogP contribution < -0.4 is 15.8 Å². The van der Waals surface area contributed by atoms with Gasteiger partial charge in [-0.2, -0.15) is 0 Å². The molecule has 2 rings (SSSR count). The summed E-state index contributed by atoms with van der Waals surface area (Å²) in [5.74, 6) is 0.717.